The first-order valence-electron chi connectivity index (χ1n) is 5.29. The molecule has 0 bridgehead atoms. The maximum absolute atomic E-state index is 10.5. The largest absolute Gasteiger partial charge is 0.480 e. The predicted octanol–water partition coefficient (Wildman–Crippen LogP) is -0.489. The lowest BCUT2D eigenvalue weighted by atomic mass is 10.4. The number of carboxylic acid groups (broad SMARTS) is 2. The third kappa shape index (κ3) is 11.1. The molecule has 0 aliphatic heterocycles. The van der Waals surface area contributed by atoms with Crippen LogP contribution in [0.3, 0.4) is 0 Å². The Morgan fingerprint density at radius 2 is 1.65 bits per heavy atom. The summed E-state index contributed by atoms with van der Waals surface area (Å²) in [6, 6.07) is 0. The Bertz CT molecular complexity index is 217. The molecule has 0 radical (unpaired) electrons. The third-order valence-electron chi connectivity index (χ3n) is 1.91. The minimum Gasteiger partial charge on any atom is -0.480 e. The molecule has 0 aromatic heterocycles. The Labute approximate surface area is 99.9 Å². The maximum Gasteiger partial charge on any atom is 0.317 e. The van der Waals surface area contributed by atoms with Crippen molar-refractivity contribution >= 4 is 11.9 Å². The number of carbonyl (C=O) groups is 2. The van der Waals surface area contributed by atoms with Crippen LogP contribution >= 0.6 is 0 Å². The lowest BCUT2D eigenvalue weighted by molar-refractivity contribution is -0.142. The normalized spacial score (nSPS) is 10.7. The fourth-order valence-corrected chi connectivity index (χ4v) is 1.20. The number of carboxylic acids is 2. The first-order chi connectivity index (χ1) is 8.06. The second-order valence-electron chi connectivity index (χ2n) is 3.46. The summed E-state index contributed by atoms with van der Waals surface area (Å²) < 4.78 is 10.1. The fraction of sp³-hybridized carbons (Fsp3) is 0.800. The highest BCUT2D eigenvalue weighted by Crippen LogP contribution is 1.90. The summed E-state index contributed by atoms with van der Waals surface area (Å²) >= 11 is 0. The van der Waals surface area contributed by atoms with Gasteiger partial charge in [0.15, 0.2) is 0 Å². The number of rotatable bonds is 11. The lowest BCUT2D eigenvalue weighted by Gasteiger charge is -2.17. The van der Waals surface area contributed by atoms with Crippen LogP contribution in [0.25, 0.3) is 0 Å². The summed E-state index contributed by atoms with van der Waals surface area (Å²) in [4.78, 5) is 22.3. The molecule has 0 atom stereocenters. The minimum atomic E-state index is -1.05. The average molecular weight is 249 g/mol. The van der Waals surface area contributed by atoms with E-state index >= 15 is 0 Å². The number of hydrogen-bond donors (Lipinski definition) is 2. The van der Waals surface area contributed by atoms with Crippen molar-refractivity contribution in [3.05, 3.63) is 0 Å². The molecule has 0 rings (SSSR count). The fourth-order valence-electron chi connectivity index (χ4n) is 1.20. The molecule has 0 aromatic rings. The van der Waals surface area contributed by atoms with Gasteiger partial charge in [0.1, 0.15) is 0 Å². The molecule has 0 aliphatic carbocycles. The Kier molecular flexibility index (Phi) is 9.31. The molecule has 2 N–H and O–H groups in total. The van der Waals surface area contributed by atoms with Crippen molar-refractivity contribution in [1.82, 2.24) is 4.90 Å². The van der Waals surface area contributed by atoms with Crippen LogP contribution in [0.1, 0.15) is 6.42 Å². The van der Waals surface area contributed by atoms with Crippen molar-refractivity contribution in [2.45, 2.75) is 6.42 Å². The van der Waals surface area contributed by atoms with Crippen LogP contribution in [0.2, 0.25) is 0 Å². The first-order valence-corrected chi connectivity index (χ1v) is 5.29. The van der Waals surface area contributed by atoms with Gasteiger partial charge in [-0.15, -0.1) is 0 Å². The number of aliphatic carboxylic acids is 2. The lowest BCUT2D eigenvalue weighted by Crippen LogP contribution is -2.36. The highest BCUT2D eigenvalue weighted by molar-refractivity contribution is 5.72. The Hall–Kier alpha value is -1.18. The number of nitrogens with zero attached hydrogens (tertiary/aromatic N) is 1. The SMILES string of the molecule is COCCCOCCN(CC(=O)O)CC(=O)O. The van der Waals surface area contributed by atoms with Crippen molar-refractivity contribution < 1.29 is 29.3 Å². The molecule has 0 saturated heterocycles. The zero-order chi connectivity index (χ0) is 13.1. The molecule has 0 aliphatic rings. The average Bonchev–Trinajstić information content (AvgIpc) is 2.21. The van der Waals surface area contributed by atoms with E-state index in [1.165, 1.54) is 4.90 Å². The van der Waals surface area contributed by atoms with Crippen LogP contribution in [0.15, 0.2) is 0 Å². The first kappa shape index (κ1) is 15.8. The van der Waals surface area contributed by atoms with E-state index in [1.54, 1.807) is 7.11 Å². The monoisotopic (exact) mass is 249 g/mol. The van der Waals surface area contributed by atoms with Crippen LogP contribution in [0.5, 0.6) is 0 Å². The highest BCUT2D eigenvalue weighted by Gasteiger charge is 2.12. The van der Waals surface area contributed by atoms with Crippen LogP contribution in [-0.4, -0.2) is 73.6 Å². The van der Waals surface area contributed by atoms with Gasteiger partial charge in [0.05, 0.1) is 19.7 Å². The zero-order valence-corrected chi connectivity index (χ0v) is 9.92. The molecular weight excluding hydrogens is 230 g/mol. The van der Waals surface area contributed by atoms with Gasteiger partial charge in [0, 0.05) is 26.9 Å². The van der Waals surface area contributed by atoms with E-state index in [2.05, 4.69) is 0 Å². The smallest absolute Gasteiger partial charge is 0.317 e. The summed E-state index contributed by atoms with van der Waals surface area (Å²) in [6.45, 7) is 1.12. The number of hydrogen-bond acceptors (Lipinski definition) is 5. The molecule has 0 spiro atoms. The molecule has 7 nitrogen and oxygen atoms in total. The van der Waals surface area contributed by atoms with E-state index in [0.717, 1.165) is 6.42 Å². The van der Waals surface area contributed by atoms with E-state index < -0.39 is 11.9 Å². The summed E-state index contributed by atoms with van der Waals surface area (Å²) in [6.07, 6.45) is 0.758. The Balaban J connectivity index is 3.68. The Morgan fingerprint density at radius 1 is 1.06 bits per heavy atom. The van der Waals surface area contributed by atoms with Gasteiger partial charge < -0.3 is 19.7 Å². The van der Waals surface area contributed by atoms with Crippen LogP contribution in [0.4, 0.5) is 0 Å². The molecule has 17 heavy (non-hydrogen) atoms. The van der Waals surface area contributed by atoms with Crippen molar-refractivity contribution in [3.8, 4) is 0 Å². The zero-order valence-electron chi connectivity index (χ0n) is 9.92. The van der Waals surface area contributed by atoms with E-state index in [-0.39, 0.29) is 19.6 Å². The van der Waals surface area contributed by atoms with Crippen LogP contribution < -0.4 is 0 Å². The second-order valence-corrected chi connectivity index (χ2v) is 3.46. The van der Waals surface area contributed by atoms with Gasteiger partial charge in [0.2, 0.25) is 0 Å². The summed E-state index contributed by atoms with van der Waals surface area (Å²) in [5.41, 5.74) is 0. The standard InChI is InChI=1S/C10H19NO6/c1-16-4-2-5-17-6-3-11(7-9(12)13)8-10(14)15/h2-8H2,1H3,(H,12,13)(H,14,15). The van der Waals surface area contributed by atoms with Gasteiger partial charge in [-0.25, -0.2) is 0 Å². The third-order valence-corrected chi connectivity index (χ3v) is 1.91. The number of methoxy groups -OCH3 is 1. The van der Waals surface area contributed by atoms with Crippen molar-refractivity contribution in [2.24, 2.45) is 0 Å². The summed E-state index contributed by atoms with van der Waals surface area (Å²) in [5.74, 6) is -2.10. The predicted molar refractivity (Wildman–Crippen MR) is 59.0 cm³/mol. The van der Waals surface area contributed by atoms with Gasteiger partial charge in [-0.3, -0.25) is 14.5 Å². The molecule has 0 saturated carbocycles. The van der Waals surface area contributed by atoms with E-state index in [9.17, 15) is 9.59 Å². The highest BCUT2D eigenvalue weighted by atomic mass is 16.5. The molecule has 0 aromatic carbocycles. The van der Waals surface area contributed by atoms with Gasteiger partial charge in [-0.1, -0.05) is 0 Å². The summed E-state index contributed by atoms with van der Waals surface area (Å²) in [5, 5.41) is 17.2. The van der Waals surface area contributed by atoms with Gasteiger partial charge in [-0.05, 0) is 6.42 Å². The van der Waals surface area contributed by atoms with Gasteiger partial charge in [0.25, 0.3) is 0 Å². The van der Waals surface area contributed by atoms with E-state index in [4.69, 9.17) is 19.7 Å². The molecule has 100 valence electrons. The van der Waals surface area contributed by atoms with Crippen molar-refractivity contribution in [3.63, 3.8) is 0 Å². The summed E-state index contributed by atoms with van der Waals surface area (Å²) in [7, 11) is 1.60. The quantitative estimate of drug-likeness (QED) is 0.477. The molecular formula is C10H19NO6. The maximum atomic E-state index is 10.5. The van der Waals surface area contributed by atoms with E-state index in [1.807, 2.05) is 0 Å². The van der Waals surface area contributed by atoms with Gasteiger partial charge in [-0.2, -0.15) is 0 Å². The molecule has 0 fully saturated rings. The van der Waals surface area contributed by atoms with Gasteiger partial charge >= 0.3 is 11.9 Å². The minimum absolute atomic E-state index is 0.283. The molecule has 0 unspecified atom stereocenters. The molecule has 0 amide bonds. The second kappa shape index (κ2) is 10.0. The number of ether oxygens (including phenoxy) is 2. The van der Waals surface area contributed by atoms with Crippen LogP contribution in [0, 0.1) is 0 Å². The van der Waals surface area contributed by atoms with E-state index in [0.29, 0.717) is 19.8 Å². The molecule has 0 heterocycles. The van der Waals surface area contributed by atoms with Crippen molar-refractivity contribution in [1.29, 1.82) is 0 Å². The van der Waals surface area contributed by atoms with Crippen molar-refractivity contribution in [2.75, 3.05) is 46.6 Å². The van der Waals surface area contributed by atoms with Crippen LogP contribution in [-0.2, 0) is 19.1 Å². The Morgan fingerprint density at radius 3 is 2.12 bits per heavy atom. The topological polar surface area (TPSA) is 96.3 Å². The molecule has 7 heteroatoms.